The second-order valence-electron chi connectivity index (χ2n) is 15.2. The van der Waals surface area contributed by atoms with E-state index in [1.165, 1.54) is 53.5 Å². The number of nitrogens with two attached hydrogens (primary N) is 2. The first-order valence-electron chi connectivity index (χ1n) is 21.5. The van der Waals surface area contributed by atoms with Crippen molar-refractivity contribution in [1.29, 1.82) is 0 Å². The zero-order chi connectivity index (χ0) is 44.7. The van der Waals surface area contributed by atoms with Crippen LogP contribution in [0.2, 0.25) is 0 Å². The summed E-state index contributed by atoms with van der Waals surface area (Å²) in [5.41, 5.74) is 17.4. The van der Waals surface area contributed by atoms with Crippen LogP contribution in [0.15, 0.2) is 58.1 Å². The Morgan fingerprint density at radius 2 is 1.11 bits per heavy atom. The lowest BCUT2D eigenvalue weighted by Gasteiger charge is -2.15. The number of anilines is 2. The fourth-order valence-corrected chi connectivity index (χ4v) is 7.65. The Labute approximate surface area is 365 Å². The number of ether oxygens (including phenoxy) is 4. The molecule has 0 spiro atoms. The quantitative estimate of drug-likeness (QED) is 0.0883. The lowest BCUT2D eigenvalue weighted by Crippen LogP contribution is -2.24. The molecule has 8 rings (SSSR count). The van der Waals surface area contributed by atoms with E-state index in [0.717, 1.165) is 37.0 Å². The number of benzene rings is 2. The van der Waals surface area contributed by atoms with Crippen molar-refractivity contribution in [2.24, 2.45) is 0 Å². The number of aldehydes is 1. The summed E-state index contributed by atoms with van der Waals surface area (Å²) in [6.07, 6.45) is 6.08. The number of aryl methyl sites for hydroxylation is 2. The van der Waals surface area contributed by atoms with E-state index >= 15 is 0 Å². The van der Waals surface area contributed by atoms with Crippen molar-refractivity contribution < 1.29 is 23.7 Å². The Balaban J connectivity index is 0.000000190. The lowest BCUT2D eigenvalue weighted by molar-refractivity contribution is 0.112. The maximum Gasteiger partial charge on any atom is 0.330 e. The predicted molar refractivity (Wildman–Crippen MR) is 242 cm³/mol. The number of aromatic nitrogens is 8. The largest absolute Gasteiger partial charge is 0.461 e. The van der Waals surface area contributed by atoms with Gasteiger partial charge in [-0.05, 0) is 88.5 Å². The number of carbonyl (C=O) groups excluding carboxylic acids is 1. The van der Waals surface area contributed by atoms with Crippen molar-refractivity contribution in [2.75, 3.05) is 78.3 Å². The van der Waals surface area contributed by atoms with Crippen molar-refractivity contribution in [3.05, 3.63) is 91.8 Å². The third-order valence-electron chi connectivity index (χ3n) is 10.7. The van der Waals surface area contributed by atoms with Gasteiger partial charge in [-0.3, -0.25) is 28.0 Å². The van der Waals surface area contributed by atoms with E-state index in [1.807, 2.05) is 32.0 Å². The molecule has 0 atom stereocenters. The number of rotatable bonds is 17. The molecule has 6 heterocycles. The van der Waals surface area contributed by atoms with Crippen molar-refractivity contribution in [3.63, 3.8) is 0 Å². The molecule has 338 valence electrons. The van der Waals surface area contributed by atoms with Crippen molar-refractivity contribution >= 4 is 40.2 Å². The van der Waals surface area contributed by atoms with Gasteiger partial charge in [-0.2, -0.15) is 19.9 Å². The Morgan fingerprint density at radius 3 is 1.56 bits per heavy atom. The van der Waals surface area contributed by atoms with E-state index in [2.05, 4.69) is 42.3 Å². The summed E-state index contributed by atoms with van der Waals surface area (Å²) in [6, 6.07) is 15.7. The maximum atomic E-state index is 13.1. The van der Waals surface area contributed by atoms with Gasteiger partial charge in [-0.15, -0.1) is 0 Å². The van der Waals surface area contributed by atoms with Crippen LogP contribution in [0.25, 0.3) is 22.3 Å². The minimum absolute atomic E-state index is 0.0840. The van der Waals surface area contributed by atoms with E-state index in [-0.39, 0.29) is 48.2 Å². The monoisotopic (exact) mass is 868 g/mol. The van der Waals surface area contributed by atoms with Gasteiger partial charge in [0.15, 0.2) is 22.9 Å². The maximum absolute atomic E-state index is 13.1. The van der Waals surface area contributed by atoms with E-state index in [4.69, 9.17) is 30.4 Å². The summed E-state index contributed by atoms with van der Waals surface area (Å²) >= 11 is 0. The van der Waals surface area contributed by atoms with Gasteiger partial charge in [0.25, 0.3) is 0 Å². The molecule has 2 aliphatic rings. The molecule has 4 aromatic heterocycles. The van der Waals surface area contributed by atoms with Gasteiger partial charge in [-0.25, -0.2) is 9.59 Å². The highest BCUT2D eigenvalue weighted by Crippen LogP contribution is 2.23. The molecule has 0 unspecified atom stereocenters. The molecule has 2 fully saturated rings. The second-order valence-corrected chi connectivity index (χ2v) is 15.2. The molecule has 0 amide bonds. The van der Waals surface area contributed by atoms with Crippen molar-refractivity contribution in [2.45, 2.75) is 72.3 Å². The number of nitrogen functional groups attached to an aromatic ring is 2. The number of nitrogens with one attached hydrogen (secondary N) is 1. The fourth-order valence-electron chi connectivity index (χ4n) is 7.65. The van der Waals surface area contributed by atoms with Crippen LogP contribution in [-0.2, 0) is 42.2 Å². The zero-order valence-electron chi connectivity index (χ0n) is 36.8. The van der Waals surface area contributed by atoms with Gasteiger partial charge >= 0.3 is 23.4 Å². The van der Waals surface area contributed by atoms with Gasteiger partial charge in [-0.1, -0.05) is 42.5 Å². The summed E-state index contributed by atoms with van der Waals surface area (Å²) in [5.74, 6) is 0.407. The molecule has 5 N–H and O–H groups in total. The number of hydrogen-bond acceptors (Lipinski definition) is 15. The molecule has 2 saturated heterocycles. The van der Waals surface area contributed by atoms with E-state index < -0.39 is 0 Å². The Hall–Kier alpha value is -6.15. The zero-order valence-corrected chi connectivity index (χ0v) is 36.8. The minimum Gasteiger partial charge on any atom is -0.461 e. The summed E-state index contributed by atoms with van der Waals surface area (Å²) in [5, 5.41) is 3.22. The molecule has 63 heavy (non-hydrogen) atoms. The highest BCUT2D eigenvalue weighted by molar-refractivity contribution is 5.84. The molecular formula is C44H60N12O7. The van der Waals surface area contributed by atoms with Crippen LogP contribution >= 0.6 is 0 Å². The van der Waals surface area contributed by atoms with Crippen molar-refractivity contribution in [1.82, 2.24) is 48.4 Å². The Bertz CT molecular complexity index is 2550. The topological polar surface area (TPSA) is 227 Å². The average Bonchev–Trinajstić information content (AvgIpc) is 4.12. The fraction of sp³-hybridized carbons (Fsp3) is 0.477. The van der Waals surface area contributed by atoms with Crippen LogP contribution in [0.3, 0.4) is 0 Å². The molecule has 0 bridgehead atoms. The van der Waals surface area contributed by atoms with Gasteiger partial charge in [0.05, 0.1) is 26.3 Å². The average molecular weight is 869 g/mol. The van der Waals surface area contributed by atoms with E-state index in [0.29, 0.717) is 67.3 Å². The first-order valence-corrected chi connectivity index (χ1v) is 21.5. The summed E-state index contributed by atoms with van der Waals surface area (Å²) < 4.78 is 27.3. The number of hydrogen-bond donors (Lipinski definition) is 3. The smallest absolute Gasteiger partial charge is 0.330 e. The Kier molecular flexibility index (Phi) is 16.8. The molecule has 19 heteroatoms. The molecule has 2 aliphatic heterocycles. The van der Waals surface area contributed by atoms with Gasteiger partial charge < -0.3 is 35.7 Å². The molecule has 6 aromatic rings. The number of fused-ring (bicyclic) bond motifs is 2. The van der Waals surface area contributed by atoms with E-state index in [1.54, 1.807) is 41.6 Å². The highest BCUT2D eigenvalue weighted by atomic mass is 16.5. The van der Waals surface area contributed by atoms with Gasteiger partial charge in [0.2, 0.25) is 0 Å². The lowest BCUT2D eigenvalue weighted by atomic mass is 10.1. The molecular weight excluding hydrogens is 809 g/mol. The SMILES string of the molecule is C1CCNC1.CCn1c(=O)n(Cc2cccc(C=O)c2)c2nc(OCCOC)nc(N)c21.CCn1c(=O)n(Cc2cccc(CN3CCCC3)c2)c2nc(OCCOC)nc(N)c21. The molecule has 2 aromatic carbocycles. The Morgan fingerprint density at radius 1 is 0.635 bits per heavy atom. The van der Waals surface area contributed by atoms with Gasteiger partial charge in [0.1, 0.15) is 30.5 Å². The summed E-state index contributed by atoms with van der Waals surface area (Å²) in [4.78, 5) is 56.8. The van der Waals surface area contributed by atoms with Crippen LogP contribution < -0.4 is 37.6 Å². The first kappa shape index (κ1) is 46.4. The van der Waals surface area contributed by atoms with Crippen molar-refractivity contribution in [3.8, 4) is 12.0 Å². The first-order chi connectivity index (χ1) is 30.7. The number of imidazole rings is 2. The minimum atomic E-state index is -0.251. The van der Waals surface area contributed by atoms with Crippen LogP contribution in [0.4, 0.5) is 11.6 Å². The summed E-state index contributed by atoms with van der Waals surface area (Å²) in [6.45, 7) is 12.4. The third-order valence-corrected chi connectivity index (χ3v) is 10.7. The number of methoxy groups -OCH3 is 2. The molecule has 0 radical (unpaired) electrons. The number of nitrogens with zero attached hydrogens (tertiary/aromatic N) is 9. The highest BCUT2D eigenvalue weighted by Gasteiger charge is 2.21. The summed E-state index contributed by atoms with van der Waals surface area (Å²) in [7, 11) is 3.16. The van der Waals surface area contributed by atoms with Gasteiger partial charge in [0, 0.05) is 39.4 Å². The van der Waals surface area contributed by atoms with E-state index in [9.17, 15) is 14.4 Å². The van der Waals surface area contributed by atoms with Crippen LogP contribution in [-0.4, -0.2) is 116 Å². The second kappa shape index (κ2) is 22.8. The molecule has 0 saturated carbocycles. The van der Waals surface area contributed by atoms with Crippen LogP contribution in [0, 0.1) is 0 Å². The normalized spacial score (nSPS) is 13.8. The molecule has 0 aliphatic carbocycles. The number of likely N-dealkylation sites (tertiary alicyclic amines) is 1. The number of carbonyl (C=O) groups is 1. The predicted octanol–water partition coefficient (Wildman–Crippen LogP) is 3.32. The third kappa shape index (κ3) is 11.7. The van der Waals surface area contributed by atoms with Crippen LogP contribution in [0.1, 0.15) is 66.6 Å². The van der Waals surface area contributed by atoms with Crippen LogP contribution in [0.5, 0.6) is 12.0 Å². The standard InChI is InChI=1S/C22H30N6O3.C18H21N5O4.C4H9N/c1-3-27-18-19(23)24-21(31-12-11-30-2)25-20(18)28(22(27)29)15-17-8-6-7-16(13-17)14-26-9-4-5-10-26;1-3-22-14-15(19)20-17(27-8-7-26-2)21-16(14)23(18(22)25)10-12-5-4-6-13(9-12)11-24;1-2-4-5-3-1/h6-8,13H,3-5,9-12,14-15H2,1-2H3,(H2,23,24,25);4-6,9,11H,3,7-8,10H2,1-2H3,(H2,19,20,21);5H,1-4H2. The molecule has 19 nitrogen and oxygen atoms in total.